The summed E-state index contributed by atoms with van der Waals surface area (Å²) in [5, 5.41) is 1.53. The Morgan fingerprint density at radius 2 is 1.93 bits per heavy atom. The first-order chi connectivity index (χ1) is 13.3. The number of pyridine rings is 1. The third kappa shape index (κ3) is 2.88. The van der Waals surface area contributed by atoms with Gasteiger partial charge in [-0.1, -0.05) is 11.3 Å². The number of morpholine rings is 1. The number of ether oxygens (including phenoxy) is 1. The number of aromatic nitrogens is 4. The number of rotatable bonds is 3. The van der Waals surface area contributed by atoms with Crippen LogP contribution >= 0.6 is 11.3 Å². The van der Waals surface area contributed by atoms with E-state index in [1.165, 1.54) is 11.3 Å². The van der Waals surface area contributed by atoms with Crippen molar-refractivity contribution in [1.29, 1.82) is 0 Å². The molecule has 0 saturated carbocycles. The summed E-state index contributed by atoms with van der Waals surface area (Å²) < 4.78 is 5.49. The van der Waals surface area contributed by atoms with E-state index in [2.05, 4.69) is 35.8 Å². The van der Waals surface area contributed by atoms with Gasteiger partial charge >= 0.3 is 0 Å². The molecular formula is C18H19N7OS. The number of hydrogen-bond acceptors (Lipinski definition) is 9. The van der Waals surface area contributed by atoms with Crippen molar-refractivity contribution in [1.82, 2.24) is 19.9 Å². The lowest BCUT2D eigenvalue weighted by atomic mass is 10.2. The zero-order valence-corrected chi connectivity index (χ0v) is 15.5. The maximum absolute atomic E-state index is 5.86. The quantitative estimate of drug-likeness (QED) is 0.737. The third-order valence-corrected chi connectivity index (χ3v) is 5.69. The van der Waals surface area contributed by atoms with Crippen LogP contribution in [0.25, 0.3) is 10.7 Å². The second-order valence-electron chi connectivity index (χ2n) is 6.44. The van der Waals surface area contributed by atoms with E-state index in [1.54, 1.807) is 12.5 Å². The summed E-state index contributed by atoms with van der Waals surface area (Å²) in [5.41, 5.74) is 8.92. The van der Waals surface area contributed by atoms with Gasteiger partial charge in [0, 0.05) is 31.4 Å². The Balaban J connectivity index is 1.55. The summed E-state index contributed by atoms with van der Waals surface area (Å²) in [6, 6.07) is 4.08. The number of nitrogen functional groups attached to an aromatic ring is 1. The van der Waals surface area contributed by atoms with Crippen LogP contribution in [-0.2, 0) is 11.2 Å². The standard InChI is InChI=1S/C18H19N7OS/c19-14-10-21-18(27-14)15-12-3-5-25(16(12)23-11-22-15)13-2-1-4-20-17(13)24-6-8-26-9-7-24/h1-2,4,10-11H,3,5-9,19H2. The maximum Gasteiger partial charge on any atom is 0.152 e. The highest BCUT2D eigenvalue weighted by molar-refractivity contribution is 7.18. The molecule has 3 aromatic heterocycles. The molecule has 1 fully saturated rings. The fraction of sp³-hybridized carbons (Fsp3) is 0.333. The first-order valence-electron chi connectivity index (χ1n) is 8.92. The summed E-state index contributed by atoms with van der Waals surface area (Å²) in [4.78, 5) is 22.6. The van der Waals surface area contributed by atoms with Gasteiger partial charge in [-0.25, -0.2) is 19.9 Å². The van der Waals surface area contributed by atoms with Crippen molar-refractivity contribution in [2.75, 3.05) is 48.4 Å². The minimum Gasteiger partial charge on any atom is -0.389 e. The topological polar surface area (TPSA) is 93.3 Å². The molecule has 2 aliphatic heterocycles. The molecule has 2 aliphatic rings. The fourth-order valence-corrected chi connectivity index (χ4v) is 4.33. The van der Waals surface area contributed by atoms with Crippen LogP contribution in [0.1, 0.15) is 5.56 Å². The van der Waals surface area contributed by atoms with Gasteiger partial charge in [0.15, 0.2) is 5.82 Å². The van der Waals surface area contributed by atoms with Gasteiger partial charge in [-0.05, 0) is 18.6 Å². The van der Waals surface area contributed by atoms with Gasteiger partial charge in [0.2, 0.25) is 0 Å². The summed E-state index contributed by atoms with van der Waals surface area (Å²) in [6.45, 7) is 3.98. The zero-order chi connectivity index (χ0) is 18.2. The molecule has 3 aromatic rings. The molecule has 0 radical (unpaired) electrons. The zero-order valence-electron chi connectivity index (χ0n) is 14.7. The fourth-order valence-electron chi connectivity index (χ4n) is 3.63. The van der Waals surface area contributed by atoms with E-state index in [-0.39, 0.29) is 0 Å². The number of nitrogens with zero attached hydrogens (tertiary/aromatic N) is 6. The molecular weight excluding hydrogens is 362 g/mol. The molecule has 5 heterocycles. The van der Waals surface area contributed by atoms with Crippen molar-refractivity contribution < 1.29 is 4.74 Å². The molecule has 27 heavy (non-hydrogen) atoms. The Labute approximate surface area is 160 Å². The molecule has 138 valence electrons. The number of nitrogens with two attached hydrogens (primary N) is 1. The average molecular weight is 381 g/mol. The number of fused-ring (bicyclic) bond motifs is 1. The third-order valence-electron chi connectivity index (χ3n) is 4.86. The van der Waals surface area contributed by atoms with Gasteiger partial charge in [-0.15, -0.1) is 0 Å². The van der Waals surface area contributed by atoms with Crippen LogP contribution in [0.3, 0.4) is 0 Å². The van der Waals surface area contributed by atoms with E-state index in [0.717, 1.165) is 72.9 Å². The minimum atomic E-state index is 0.689. The molecule has 5 rings (SSSR count). The molecule has 0 aromatic carbocycles. The molecule has 0 amide bonds. The molecule has 8 nitrogen and oxygen atoms in total. The highest BCUT2D eigenvalue weighted by Crippen LogP contribution is 2.41. The second-order valence-corrected chi connectivity index (χ2v) is 7.50. The van der Waals surface area contributed by atoms with Crippen LogP contribution < -0.4 is 15.5 Å². The van der Waals surface area contributed by atoms with E-state index in [1.807, 2.05) is 12.3 Å². The lowest BCUT2D eigenvalue weighted by molar-refractivity contribution is 0.122. The number of hydrogen-bond donors (Lipinski definition) is 1. The lowest BCUT2D eigenvalue weighted by Crippen LogP contribution is -2.37. The SMILES string of the molecule is Nc1cnc(-c2ncnc3c2CCN3c2cccnc2N2CCOCC2)s1. The van der Waals surface area contributed by atoms with Crippen LogP contribution in [0.5, 0.6) is 0 Å². The summed E-state index contributed by atoms with van der Waals surface area (Å²) in [5.74, 6) is 1.91. The Kier molecular flexibility index (Phi) is 4.10. The van der Waals surface area contributed by atoms with Gasteiger partial charge in [0.1, 0.15) is 27.8 Å². The van der Waals surface area contributed by atoms with Crippen LogP contribution in [0.4, 0.5) is 22.3 Å². The van der Waals surface area contributed by atoms with E-state index < -0.39 is 0 Å². The molecule has 0 unspecified atom stereocenters. The minimum absolute atomic E-state index is 0.689. The highest BCUT2D eigenvalue weighted by atomic mass is 32.1. The van der Waals surface area contributed by atoms with Crippen LogP contribution in [0.2, 0.25) is 0 Å². The van der Waals surface area contributed by atoms with Crippen molar-refractivity contribution in [3.63, 3.8) is 0 Å². The predicted octanol–water partition coefficient (Wildman–Crippen LogP) is 2.11. The van der Waals surface area contributed by atoms with Crippen LogP contribution in [-0.4, -0.2) is 52.8 Å². The summed E-state index contributed by atoms with van der Waals surface area (Å²) in [6.07, 6.45) is 5.99. The number of thiazole rings is 1. The normalized spacial score (nSPS) is 16.6. The van der Waals surface area contributed by atoms with Crippen molar-refractivity contribution in [3.05, 3.63) is 36.4 Å². The highest BCUT2D eigenvalue weighted by Gasteiger charge is 2.29. The van der Waals surface area contributed by atoms with Gasteiger partial charge in [0.05, 0.1) is 25.1 Å². The second kappa shape index (κ2) is 6.75. The Bertz CT molecular complexity index is 970. The molecule has 0 spiro atoms. The molecule has 0 aliphatic carbocycles. The first-order valence-corrected chi connectivity index (χ1v) is 9.74. The maximum atomic E-state index is 5.86. The molecule has 9 heteroatoms. The molecule has 1 saturated heterocycles. The molecule has 0 bridgehead atoms. The van der Waals surface area contributed by atoms with E-state index >= 15 is 0 Å². The Morgan fingerprint density at radius 3 is 2.74 bits per heavy atom. The van der Waals surface area contributed by atoms with Gasteiger partial charge in [0.25, 0.3) is 0 Å². The smallest absolute Gasteiger partial charge is 0.152 e. The summed E-state index contributed by atoms with van der Waals surface area (Å²) in [7, 11) is 0. The summed E-state index contributed by atoms with van der Waals surface area (Å²) >= 11 is 1.45. The van der Waals surface area contributed by atoms with Crippen molar-refractivity contribution >= 4 is 33.7 Å². The van der Waals surface area contributed by atoms with E-state index in [0.29, 0.717) is 5.00 Å². The van der Waals surface area contributed by atoms with Gasteiger partial charge in [-0.2, -0.15) is 0 Å². The predicted molar refractivity (Wildman–Crippen MR) is 106 cm³/mol. The first kappa shape index (κ1) is 16.4. The van der Waals surface area contributed by atoms with Crippen LogP contribution in [0.15, 0.2) is 30.9 Å². The Hall–Kier alpha value is -2.78. The molecule has 2 N–H and O–H groups in total. The van der Waals surface area contributed by atoms with Crippen LogP contribution in [0, 0.1) is 0 Å². The van der Waals surface area contributed by atoms with Gasteiger partial charge in [-0.3, -0.25) is 0 Å². The van der Waals surface area contributed by atoms with E-state index in [4.69, 9.17) is 10.5 Å². The monoisotopic (exact) mass is 381 g/mol. The van der Waals surface area contributed by atoms with Crippen molar-refractivity contribution in [2.24, 2.45) is 0 Å². The largest absolute Gasteiger partial charge is 0.389 e. The molecule has 0 atom stereocenters. The van der Waals surface area contributed by atoms with Crippen molar-refractivity contribution in [3.8, 4) is 10.7 Å². The van der Waals surface area contributed by atoms with E-state index in [9.17, 15) is 0 Å². The Morgan fingerprint density at radius 1 is 1.04 bits per heavy atom. The lowest BCUT2D eigenvalue weighted by Gasteiger charge is -2.31. The average Bonchev–Trinajstić information content (AvgIpc) is 3.35. The van der Waals surface area contributed by atoms with Crippen molar-refractivity contribution in [2.45, 2.75) is 6.42 Å². The number of anilines is 4. The van der Waals surface area contributed by atoms with Gasteiger partial charge < -0.3 is 20.3 Å².